The molecule has 2 rings (SSSR count). The highest BCUT2D eigenvalue weighted by atomic mass is 19.1. The van der Waals surface area contributed by atoms with Crippen LogP contribution in [0.3, 0.4) is 0 Å². The monoisotopic (exact) mass is 251 g/mol. The summed E-state index contributed by atoms with van der Waals surface area (Å²) >= 11 is 0. The Balaban J connectivity index is 1.98. The van der Waals surface area contributed by atoms with Crippen molar-refractivity contribution in [1.82, 2.24) is 5.32 Å². The van der Waals surface area contributed by atoms with Gasteiger partial charge in [-0.25, -0.2) is 4.39 Å². The Labute approximate surface area is 108 Å². The van der Waals surface area contributed by atoms with E-state index < -0.39 is 6.10 Å². The van der Waals surface area contributed by atoms with Gasteiger partial charge in [0.05, 0.1) is 6.10 Å². The third-order valence-electron chi connectivity index (χ3n) is 3.85. The first kappa shape index (κ1) is 13.5. The van der Waals surface area contributed by atoms with Gasteiger partial charge in [0.1, 0.15) is 5.82 Å². The number of benzene rings is 1. The molecule has 1 aromatic rings. The summed E-state index contributed by atoms with van der Waals surface area (Å²) in [6.07, 6.45) is 2.37. The van der Waals surface area contributed by atoms with E-state index in [0.29, 0.717) is 29.5 Å². The van der Waals surface area contributed by atoms with E-state index in [4.69, 9.17) is 0 Å². The minimum absolute atomic E-state index is 0.239. The highest BCUT2D eigenvalue weighted by molar-refractivity contribution is 5.25. The Hall–Kier alpha value is -0.930. The van der Waals surface area contributed by atoms with Crippen molar-refractivity contribution in [3.8, 4) is 0 Å². The predicted octanol–water partition coefficient (Wildman–Crippen LogP) is 2.95. The maximum absolute atomic E-state index is 13.5. The molecule has 1 saturated heterocycles. The first-order valence-corrected chi connectivity index (χ1v) is 6.73. The van der Waals surface area contributed by atoms with Gasteiger partial charge in [-0.1, -0.05) is 19.1 Å². The number of aliphatic hydroxyl groups is 1. The molecule has 2 N–H and O–H groups in total. The number of aryl methyl sites for hydroxylation is 1. The van der Waals surface area contributed by atoms with Crippen LogP contribution in [-0.4, -0.2) is 17.7 Å². The van der Waals surface area contributed by atoms with Crippen molar-refractivity contribution in [3.05, 3.63) is 35.1 Å². The van der Waals surface area contributed by atoms with E-state index >= 15 is 0 Å². The molecule has 1 heterocycles. The van der Waals surface area contributed by atoms with E-state index in [9.17, 15) is 9.50 Å². The molecule has 1 aliphatic heterocycles. The molecule has 2 nitrogen and oxygen atoms in total. The standard InChI is InChI=1S/C15H22FNO/c1-10-5-6-17-13(7-10)9-15(18)12-4-3-11(2)14(16)8-12/h3-4,8,10,13,15,17-18H,5-7,9H2,1-2H3. The zero-order chi connectivity index (χ0) is 13.1. The quantitative estimate of drug-likeness (QED) is 0.865. The summed E-state index contributed by atoms with van der Waals surface area (Å²) in [5, 5.41) is 13.6. The number of rotatable bonds is 3. The molecule has 0 spiro atoms. The molecule has 18 heavy (non-hydrogen) atoms. The lowest BCUT2D eigenvalue weighted by molar-refractivity contribution is 0.138. The molecule has 0 aromatic heterocycles. The maximum atomic E-state index is 13.5. The zero-order valence-electron chi connectivity index (χ0n) is 11.1. The van der Waals surface area contributed by atoms with Gasteiger partial charge in [0.2, 0.25) is 0 Å². The van der Waals surface area contributed by atoms with Crippen LogP contribution >= 0.6 is 0 Å². The van der Waals surface area contributed by atoms with E-state index in [2.05, 4.69) is 12.2 Å². The van der Waals surface area contributed by atoms with Gasteiger partial charge < -0.3 is 10.4 Å². The van der Waals surface area contributed by atoms with Gasteiger partial charge >= 0.3 is 0 Å². The predicted molar refractivity (Wildman–Crippen MR) is 70.9 cm³/mol. The Morgan fingerprint density at radius 3 is 2.94 bits per heavy atom. The Bertz CT molecular complexity index is 407. The summed E-state index contributed by atoms with van der Waals surface area (Å²) in [4.78, 5) is 0. The van der Waals surface area contributed by atoms with Crippen molar-refractivity contribution < 1.29 is 9.50 Å². The van der Waals surface area contributed by atoms with E-state index in [1.807, 2.05) is 6.07 Å². The summed E-state index contributed by atoms with van der Waals surface area (Å²) in [5.74, 6) is 0.467. The minimum Gasteiger partial charge on any atom is -0.388 e. The number of aliphatic hydroxyl groups excluding tert-OH is 1. The molecule has 1 aliphatic rings. The average molecular weight is 251 g/mol. The third-order valence-corrected chi connectivity index (χ3v) is 3.85. The molecular formula is C15H22FNO. The van der Waals surface area contributed by atoms with Gasteiger partial charge in [-0.2, -0.15) is 0 Å². The molecule has 0 amide bonds. The molecule has 0 radical (unpaired) electrons. The Kier molecular flexibility index (Phi) is 4.36. The maximum Gasteiger partial charge on any atom is 0.126 e. The van der Waals surface area contributed by atoms with Gasteiger partial charge in [0.25, 0.3) is 0 Å². The average Bonchev–Trinajstić information content (AvgIpc) is 2.32. The first-order chi connectivity index (χ1) is 8.56. The van der Waals surface area contributed by atoms with E-state index in [1.165, 1.54) is 12.5 Å². The number of hydrogen-bond acceptors (Lipinski definition) is 2. The van der Waals surface area contributed by atoms with Crippen molar-refractivity contribution >= 4 is 0 Å². The van der Waals surface area contributed by atoms with Gasteiger partial charge in [-0.3, -0.25) is 0 Å². The minimum atomic E-state index is -0.581. The lowest BCUT2D eigenvalue weighted by Gasteiger charge is -2.29. The van der Waals surface area contributed by atoms with Crippen LogP contribution in [0.2, 0.25) is 0 Å². The van der Waals surface area contributed by atoms with Crippen LogP contribution in [0.25, 0.3) is 0 Å². The summed E-state index contributed by atoms with van der Waals surface area (Å²) in [6.45, 7) is 4.99. The molecule has 3 unspecified atom stereocenters. The van der Waals surface area contributed by atoms with E-state index in [1.54, 1.807) is 13.0 Å². The van der Waals surface area contributed by atoms with E-state index in [0.717, 1.165) is 13.0 Å². The fraction of sp³-hybridized carbons (Fsp3) is 0.600. The first-order valence-electron chi connectivity index (χ1n) is 6.73. The summed E-state index contributed by atoms with van der Waals surface area (Å²) in [7, 11) is 0. The van der Waals surface area contributed by atoms with Crippen LogP contribution in [0, 0.1) is 18.7 Å². The van der Waals surface area contributed by atoms with Gasteiger partial charge in [0.15, 0.2) is 0 Å². The van der Waals surface area contributed by atoms with Crippen LogP contribution in [0.5, 0.6) is 0 Å². The largest absolute Gasteiger partial charge is 0.388 e. The van der Waals surface area contributed by atoms with Gasteiger partial charge in [-0.15, -0.1) is 0 Å². The highest BCUT2D eigenvalue weighted by Crippen LogP contribution is 2.25. The van der Waals surface area contributed by atoms with Crippen molar-refractivity contribution in [2.24, 2.45) is 5.92 Å². The second-order valence-corrected chi connectivity index (χ2v) is 5.54. The molecule has 1 aromatic carbocycles. The number of hydrogen-bond donors (Lipinski definition) is 2. The summed E-state index contributed by atoms with van der Waals surface area (Å²) in [5.41, 5.74) is 1.30. The summed E-state index contributed by atoms with van der Waals surface area (Å²) in [6, 6.07) is 5.33. The van der Waals surface area contributed by atoms with Crippen molar-refractivity contribution in [3.63, 3.8) is 0 Å². The smallest absolute Gasteiger partial charge is 0.126 e. The third kappa shape index (κ3) is 3.30. The van der Waals surface area contributed by atoms with Crippen LogP contribution in [0.15, 0.2) is 18.2 Å². The lowest BCUT2D eigenvalue weighted by atomic mass is 9.89. The molecule has 3 heteroatoms. The lowest BCUT2D eigenvalue weighted by Crippen LogP contribution is -2.38. The molecular weight excluding hydrogens is 229 g/mol. The molecule has 0 aliphatic carbocycles. The second kappa shape index (κ2) is 5.81. The van der Waals surface area contributed by atoms with Crippen LogP contribution in [0.4, 0.5) is 4.39 Å². The van der Waals surface area contributed by atoms with Crippen molar-refractivity contribution in [2.75, 3.05) is 6.54 Å². The number of nitrogens with one attached hydrogen (secondary N) is 1. The normalized spacial score (nSPS) is 26.0. The summed E-state index contributed by atoms with van der Waals surface area (Å²) < 4.78 is 13.5. The second-order valence-electron chi connectivity index (χ2n) is 5.54. The molecule has 0 bridgehead atoms. The Morgan fingerprint density at radius 1 is 1.50 bits per heavy atom. The van der Waals surface area contributed by atoms with Crippen molar-refractivity contribution in [1.29, 1.82) is 0 Å². The van der Waals surface area contributed by atoms with Crippen LogP contribution < -0.4 is 5.32 Å². The molecule has 0 saturated carbocycles. The molecule has 100 valence electrons. The van der Waals surface area contributed by atoms with E-state index in [-0.39, 0.29) is 5.82 Å². The highest BCUT2D eigenvalue weighted by Gasteiger charge is 2.21. The molecule has 1 fully saturated rings. The molecule has 3 atom stereocenters. The fourth-order valence-electron chi connectivity index (χ4n) is 2.62. The van der Waals surface area contributed by atoms with Gasteiger partial charge in [0, 0.05) is 6.04 Å². The number of halogens is 1. The number of piperidine rings is 1. The SMILES string of the molecule is Cc1ccc(C(O)CC2CC(C)CCN2)cc1F. The van der Waals surface area contributed by atoms with Crippen LogP contribution in [-0.2, 0) is 0 Å². The Morgan fingerprint density at radius 2 is 2.28 bits per heavy atom. The fourth-order valence-corrected chi connectivity index (χ4v) is 2.62. The van der Waals surface area contributed by atoms with Crippen LogP contribution in [0.1, 0.15) is 43.4 Å². The van der Waals surface area contributed by atoms with Gasteiger partial charge in [-0.05, 0) is 55.8 Å². The zero-order valence-corrected chi connectivity index (χ0v) is 11.1. The van der Waals surface area contributed by atoms with Crippen molar-refractivity contribution in [2.45, 2.75) is 45.3 Å². The topological polar surface area (TPSA) is 32.3 Å².